The molecule has 0 aromatic heterocycles. The zero-order chi connectivity index (χ0) is 14.0. The standard InChI is InChI=1S/C15H21F2NO/c1-15(2)7-6-12(18-3)14(9-15)19-13-5-4-10(16)8-11(13)17/h4-5,8,12,14,18H,6-7,9H2,1-3H3. The number of likely N-dealkylation sites (N-methyl/N-ethyl adjacent to an activating group) is 1. The zero-order valence-electron chi connectivity index (χ0n) is 11.7. The summed E-state index contributed by atoms with van der Waals surface area (Å²) in [6, 6.07) is 3.65. The van der Waals surface area contributed by atoms with Gasteiger partial charge in [-0.15, -0.1) is 0 Å². The Balaban J connectivity index is 2.14. The lowest BCUT2D eigenvalue weighted by molar-refractivity contribution is 0.0530. The Bertz CT molecular complexity index is 448. The molecule has 1 saturated carbocycles. The Morgan fingerprint density at radius 1 is 1.32 bits per heavy atom. The van der Waals surface area contributed by atoms with E-state index < -0.39 is 11.6 Å². The number of hydrogen-bond donors (Lipinski definition) is 1. The van der Waals surface area contributed by atoms with Crippen molar-refractivity contribution in [2.24, 2.45) is 5.41 Å². The van der Waals surface area contributed by atoms with Crippen molar-refractivity contribution in [3.8, 4) is 5.75 Å². The molecular formula is C15H21F2NO. The van der Waals surface area contributed by atoms with Gasteiger partial charge in [0, 0.05) is 12.1 Å². The molecule has 4 heteroatoms. The molecule has 1 aliphatic rings. The summed E-state index contributed by atoms with van der Waals surface area (Å²) in [5, 5.41) is 3.22. The first-order valence-corrected chi connectivity index (χ1v) is 6.70. The molecule has 2 nitrogen and oxygen atoms in total. The van der Waals surface area contributed by atoms with Crippen LogP contribution in [0.3, 0.4) is 0 Å². The van der Waals surface area contributed by atoms with E-state index in [1.165, 1.54) is 12.1 Å². The molecule has 2 rings (SSSR count). The van der Waals surface area contributed by atoms with Gasteiger partial charge < -0.3 is 10.1 Å². The van der Waals surface area contributed by atoms with Crippen molar-refractivity contribution in [3.63, 3.8) is 0 Å². The average molecular weight is 269 g/mol. The van der Waals surface area contributed by atoms with E-state index in [2.05, 4.69) is 19.2 Å². The van der Waals surface area contributed by atoms with Gasteiger partial charge in [-0.05, 0) is 43.9 Å². The summed E-state index contributed by atoms with van der Waals surface area (Å²) in [7, 11) is 1.89. The average Bonchev–Trinajstić information content (AvgIpc) is 2.32. The van der Waals surface area contributed by atoms with Gasteiger partial charge in [-0.25, -0.2) is 8.78 Å². The Morgan fingerprint density at radius 2 is 2.05 bits per heavy atom. The Hall–Kier alpha value is -1.16. The van der Waals surface area contributed by atoms with E-state index in [1.54, 1.807) is 0 Å². The largest absolute Gasteiger partial charge is 0.486 e. The van der Waals surface area contributed by atoms with Crippen molar-refractivity contribution < 1.29 is 13.5 Å². The van der Waals surface area contributed by atoms with Crippen LogP contribution in [0.1, 0.15) is 33.1 Å². The predicted octanol–water partition coefficient (Wildman–Crippen LogP) is 3.51. The fourth-order valence-corrected chi connectivity index (χ4v) is 2.71. The first-order chi connectivity index (χ1) is 8.91. The summed E-state index contributed by atoms with van der Waals surface area (Å²) < 4.78 is 32.3. The maximum absolute atomic E-state index is 13.6. The monoisotopic (exact) mass is 269 g/mol. The quantitative estimate of drug-likeness (QED) is 0.906. The van der Waals surface area contributed by atoms with Gasteiger partial charge in [0.1, 0.15) is 11.9 Å². The first kappa shape index (κ1) is 14.3. The highest BCUT2D eigenvalue weighted by molar-refractivity contribution is 5.25. The molecule has 1 aromatic carbocycles. The van der Waals surface area contributed by atoms with Crippen LogP contribution in [0.4, 0.5) is 8.78 Å². The minimum absolute atomic E-state index is 0.0892. The van der Waals surface area contributed by atoms with Crippen LogP contribution in [0.25, 0.3) is 0 Å². The third kappa shape index (κ3) is 3.44. The van der Waals surface area contributed by atoms with Crippen LogP contribution in [0, 0.1) is 17.0 Å². The van der Waals surface area contributed by atoms with Crippen molar-refractivity contribution in [2.45, 2.75) is 45.3 Å². The number of benzene rings is 1. The molecule has 1 aromatic rings. The van der Waals surface area contributed by atoms with Gasteiger partial charge in [-0.2, -0.15) is 0 Å². The van der Waals surface area contributed by atoms with Crippen molar-refractivity contribution in [1.29, 1.82) is 0 Å². The van der Waals surface area contributed by atoms with E-state index in [0.717, 1.165) is 25.3 Å². The second-order valence-electron chi connectivity index (χ2n) is 6.03. The fourth-order valence-electron chi connectivity index (χ4n) is 2.71. The zero-order valence-corrected chi connectivity index (χ0v) is 11.7. The number of halogens is 2. The lowest BCUT2D eigenvalue weighted by Gasteiger charge is -2.40. The molecule has 1 fully saturated rings. The summed E-state index contributed by atoms with van der Waals surface area (Å²) in [5.74, 6) is -1.10. The third-order valence-electron chi connectivity index (χ3n) is 3.88. The van der Waals surface area contributed by atoms with Crippen molar-refractivity contribution in [3.05, 3.63) is 29.8 Å². The number of hydrogen-bond acceptors (Lipinski definition) is 2. The Morgan fingerprint density at radius 3 is 2.68 bits per heavy atom. The van der Waals surface area contributed by atoms with Crippen LogP contribution in [-0.2, 0) is 0 Å². The summed E-state index contributed by atoms with van der Waals surface area (Å²) in [6.07, 6.45) is 2.88. The molecular weight excluding hydrogens is 248 g/mol. The molecule has 0 bridgehead atoms. The van der Waals surface area contributed by atoms with Gasteiger partial charge >= 0.3 is 0 Å². The van der Waals surface area contributed by atoms with Crippen molar-refractivity contribution in [1.82, 2.24) is 5.32 Å². The molecule has 2 atom stereocenters. The van der Waals surface area contributed by atoms with Crippen LogP contribution in [-0.4, -0.2) is 19.2 Å². The fraction of sp³-hybridized carbons (Fsp3) is 0.600. The van der Waals surface area contributed by atoms with Crippen LogP contribution in [0.15, 0.2) is 18.2 Å². The lowest BCUT2D eigenvalue weighted by atomic mass is 9.74. The maximum atomic E-state index is 13.6. The van der Waals surface area contributed by atoms with Gasteiger partial charge in [0.15, 0.2) is 11.6 Å². The molecule has 19 heavy (non-hydrogen) atoms. The number of nitrogens with one attached hydrogen (secondary N) is 1. The van der Waals surface area contributed by atoms with Crippen LogP contribution in [0.2, 0.25) is 0 Å². The minimum atomic E-state index is -0.641. The molecule has 2 unspecified atom stereocenters. The molecule has 0 heterocycles. The second-order valence-corrected chi connectivity index (χ2v) is 6.03. The van der Waals surface area contributed by atoms with E-state index in [-0.39, 0.29) is 23.3 Å². The number of ether oxygens (including phenoxy) is 1. The summed E-state index contributed by atoms with van der Waals surface area (Å²) in [4.78, 5) is 0. The van der Waals surface area contributed by atoms with Crippen molar-refractivity contribution >= 4 is 0 Å². The van der Waals surface area contributed by atoms with E-state index >= 15 is 0 Å². The molecule has 0 spiro atoms. The topological polar surface area (TPSA) is 21.3 Å². The smallest absolute Gasteiger partial charge is 0.167 e. The molecule has 1 N–H and O–H groups in total. The van der Waals surface area contributed by atoms with Gasteiger partial charge in [-0.3, -0.25) is 0 Å². The van der Waals surface area contributed by atoms with Gasteiger partial charge in [-0.1, -0.05) is 13.8 Å². The molecule has 106 valence electrons. The van der Waals surface area contributed by atoms with Gasteiger partial charge in [0.2, 0.25) is 0 Å². The summed E-state index contributed by atoms with van der Waals surface area (Å²) >= 11 is 0. The molecule has 1 aliphatic carbocycles. The van der Waals surface area contributed by atoms with E-state index in [0.29, 0.717) is 0 Å². The van der Waals surface area contributed by atoms with Gasteiger partial charge in [0.25, 0.3) is 0 Å². The maximum Gasteiger partial charge on any atom is 0.167 e. The Labute approximate surface area is 113 Å². The van der Waals surface area contributed by atoms with E-state index in [4.69, 9.17) is 4.74 Å². The highest BCUT2D eigenvalue weighted by Gasteiger charge is 2.35. The molecule has 0 saturated heterocycles. The Kier molecular flexibility index (Phi) is 4.09. The SMILES string of the molecule is CNC1CCC(C)(C)CC1Oc1ccc(F)cc1F. The minimum Gasteiger partial charge on any atom is -0.486 e. The van der Waals surface area contributed by atoms with Crippen LogP contribution >= 0.6 is 0 Å². The summed E-state index contributed by atoms with van der Waals surface area (Å²) in [6.45, 7) is 4.38. The van der Waals surface area contributed by atoms with E-state index in [1.807, 2.05) is 7.05 Å². The highest BCUT2D eigenvalue weighted by atomic mass is 19.1. The number of rotatable bonds is 3. The second kappa shape index (κ2) is 5.45. The summed E-state index contributed by atoms with van der Waals surface area (Å²) in [5.41, 5.74) is 0.189. The molecule has 0 aliphatic heterocycles. The predicted molar refractivity (Wildman–Crippen MR) is 71.3 cm³/mol. The van der Waals surface area contributed by atoms with Crippen molar-refractivity contribution in [2.75, 3.05) is 7.05 Å². The lowest BCUT2D eigenvalue weighted by Crippen LogP contribution is -2.47. The van der Waals surface area contributed by atoms with E-state index in [9.17, 15) is 8.78 Å². The first-order valence-electron chi connectivity index (χ1n) is 6.70. The van der Waals surface area contributed by atoms with Crippen LogP contribution in [0.5, 0.6) is 5.75 Å². The van der Waals surface area contributed by atoms with Gasteiger partial charge in [0.05, 0.1) is 0 Å². The third-order valence-corrected chi connectivity index (χ3v) is 3.88. The normalized spacial score (nSPS) is 26.2. The van der Waals surface area contributed by atoms with Crippen LogP contribution < -0.4 is 10.1 Å². The molecule has 0 radical (unpaired) electrons. The highest BCUT2D eigenvalue weighted by Crippen LogP contribution is 2.37. The molecule has 0 amide bonds.